The van der Waals surface area contributed by atoms with Gasteiger partial charge in [0.1, 0.15) is 46.0 Å². The van der Waals surface area contributed by atoms with Crippen LogP contribution in [0, 0.1) is 0 Å². The third-order valence-corrected chi connectivity index (χ3v) is 15.9. The molecule has 8 aromatic rings. The van der Waals surface area contributed by atoms with Crippen molar-refractivity contribution < 1.29 is 48.8 Å². The van der Waals surface area contributed by atoms with Crippen molar-refractivity contribution in [2.45, 2.75) is 0 Å². The van der Waals surface area contributed by atoms with Crippen LogP contribution in [0.25, 0.3) is 23.4 Å². The number of para-hydroxylation sites is 8. The fourth-order valence-corrected chi connectivity index (χ4v) is 11.0. The number of rotatable bonds is 20. The van der Waals surface area contributed by atoms with E-state index in [1.807, 2.05) is 146 Å². The van der Waals surface area contributed by atoms with Crippen molar-refractivity contribution in [3.8, 4) is 46.0 Å². The molecular weight excluding hydrogens is 1200 g/mol. The number of halogens is 2. The molecule has 0 saturated heterocycles. The molecule has 0 radical (unpaired) electrons. The Kier molecular flexibility index (Phi) is 29.4. The minimum atomic E-state index is -2.89. The molecule has 0 aliphatic carbocycles. The SMILES string of the molecule is [Cl][Ni][Cl].[NH-]NP(=S)(Oc1ccccc1)Oc1ccccc1.[NH-]NP(=S)(Oc1ccccc1)Oc1ccccc1.[NH-]NP(=S)(Oc1ccccc1)Oc1ccccc1.[NH-]NP(=S)(Oc1ccccc1)Oc1ccccc1. The maximum absolute atomic E-state index is 7.30. The van der Waals surface area contributed by atoms with Crippen LogP contribution in [0.3, 0.4) is 0 Å². The molecule has 0 unspecified atom stereocenters. The van der Waals surface area contributed by atoms with Gasteiger partial charge in [-0.05, 0) is 97.1 Å². The summed E-state index contributed by atoms with van der Waals surface area (Å²) in [6.07, 6.45) is 0. The van der Waals surface area contributed by atoms with Gasteiger partial charge in [-0.1, -0.05) is 146 Å². The molecular formula is C48H48Cl2N8NiO8P4S4-4. The summed E-state index contributed by atoms with van der Waals surface area (Å²) in [4.78, 5) is 0. The number of nitrogens with one attached hydrogen (secondary N) is 8. The fourth-order valence-electron chi connectivity index (χ4n) is 5.22. The molecule has 0 fully saturated rings. The summed E-state index contributed by atoms with van der Waals surface area (Å²) in [5, 5.41) is 8.83. The van der Waals surface area contributed by atoms with Gasteiger partial charge in [0.05, 0.1) is 0 Å². The van der Waals surface area contributed by atoms with E-state index in [1.165, 1.54) is 0 Å². The second-order valence-electron chi connectivity index (χ2n) is 13.7. The predicted molar refractivity (Wildman–Crippen MR) is 315 cm³/mol. The largest absolute Gasteiger partial charge is 0.603 e. The molecule has 0 saturated carbocycles. The first-order chi connectivity index (χ1) is 36.3. The number of hydrogen-bond donors (Lipinski definition) is 4. The molecule has 27 heteroatoms. The molecule has 0 aromatic heterocycles. The average Bonchev–Trinajstić information content (AvgIpc) is 3.44. The van der Waals surface area contributed by atoms with Gasteiger partial charge >= 0.3 is 59.6 Å². The van der Waals surface area contributed by atoms with Crippen molar-refractivity contribution in [2.75, 3.05) is 0 Å². The molecule has 8 rings (SSSR count). The van der Waals surface area contributed by atoms with E-state index in [-0.39, 0.29) is 0 Å². The summed E-state index contributed by atoms with van der Waals surface area (Å²) < 4.78 is 44.5. The zero-order valence-corrected chi connectivity index (χ0v) is 48.2. The van der Waals surface area contributed by atoms with Crippen LogP contribution in [0.4, 0.5) is 0 Å². The summed E-state index contributed by atoms with van der Waals surface area (Å²) in [7, 11) is 9.40. The molecule has 400 valence electrons. The molecule has 0 aliphatic heterocycles. The first-order valence-electron chi connectivity index (χ1n) is 21.2. The van der Waals surface area contributed by atoms with Crippen molar-refractivity contribution in [1.29, 1.82) is 0 Å². The zero-order valence-electron chi connectivity index (χ0n) is 38.9. The molecule has 75 heavy (non-hydrogen) atoms. The van der Waals surface area contributed by atoms with Gasteiger partial charge in [0.15, 0.2) is 0 Å². The molecule has 0 amide bonds. The van der Waals surface area contributed by atoms with Crippen LogP contribution >= 0.6 is 47.0 Å². The van der Waals surface area contributed by atoms with E-state index in [0.717, 1.165) is 0 Å². The van der Waals surface area contributed by atoms with Crippen LogP contribution in [-0.2, 0) is 59.9 Å². The van der Waals surface area contributed by atoms with Gasteiger partial charge in [-0.25, -0.2) is 0 Å². The maximum atomic E-state index is 7.30. The van der Waals surface area contributed by atoms with Crippen molar-refractivity contribution in [3.63, 3.8) is 0 Å². The van der Waals surface area contributed by atoms with Gasteiger partial charge < -0.3 is 80.3 Å². The third kappa shape index (κ3) is 25.5. The molecule has 0 atom stereocenters. The summed E-state index contributed by atoms with van der Waals surface area (Å²) in [6, 6.07) is 72.7. The summed E-state index contributed by atoms with van der Waals surface area (Å²) in [5.41, 5.74) is 0. The van der Waals surface area contributed by atoms with Gasteiger partial charge in [-0.2, -0.15) is 0 Å². The van der Waals surface area contributed by atoms with Crippen LogP contribution < -0.4 is 57.0 Å². The zero-order chi connectivity index (χ0) is 54.1. The second kappa shape index (κ2) is 35.0. The van der Waals surface area contributed by atoms with Gasteiger partial charge in [-0.3, -0.25) is 0 Å². The van der Waals surface area contributed by atoms with Crippen molar-refractivity contribution in [2.24, 2.45) is 0 Å². The minimum Gasteiger partial charge on any atom is -0.603 e. The summed E-state index contributed by atoms with van der Waals surface area (Å²) in [5.74, 6) is 33.8. The predicted octanol–water partition coefficient (Wildman–Crippen LogP) is 17.1. The first kappa shape index (κ1) is 63.0. The quantitative estimate of drug-likeness (QED) is 0.0317. The topological polar surface area (TPSA) is 217 Å². The Morgan fingerprint density at radius 1 is 0.253 bits per heavy atom. The summed E-state index contributed by atoms with van der Waals surface area (Å²) >= 11 is 21.5. The van der Waals surface area contributed by atoms with Crippen LogP contribution in [0.15, 0.2) is 243 Å². The molecule has 8 N–H and O–H groups in total. The Balaban J connectivity index is 0.000000212. The summed E-state index contributed by atoms with van der Waals surface area (Å²) in [6.45, 7) is -11.6. The van der Waals surface area contributed by atoms with Gasteiger partial charge in [-0.15, -0.1) is 0 Å². The first-order valence-corrected chi connectivity index (χ1v) is 34.5. The van der Waals surface area contributed by atoms with E-state index in [0.29, 0.717) is 58.7 Å². The molecule has 0 heterocycles. The monoisotopic (exact) mass is 1240 g/mol. The number of benzene rings is 8. The van der Waals surface area contributed by atoms with Crippen LogP contribution in [-0.4, -0.2) is 0 Å². The Morgan fingerprint density at radius 2 is 0.347 bits per heavy atom. The molecule has 0 aliphatic rings. The van der Waals surface area contributed by atoms with Gasteiger partial charge in [0, 0.05) is 47.2 Å². The van der Waals surface area contributed by atoms with Crippen LogP contribution in [0.1, 0.15) is 0 Å². The average molecular weight is 1250 g/mol. The molecule has 16 nitrogen and oxygen atoms in total. The Morgan fingerprint density at radius 3 is 0.427 bits per heavy atom. The second-order valence-corrected chi connectivity index (χ2v) is 27.5. The fraction of sp³-hybridized carbons (Fsp3) is 0. The van der Waals surface area contributed by atoms with Gasteiger partial charge in [0.25, 0.3) is 0 Å². The third-order valence-electron chi connectivity index (χ3n) is 8.30. The Hall–Kier alpha value is -4.49. The van der Waals surface area contributed by atoms with E-state index in [2.05, 4.69) is 20.8 Å². The molecule has 0 bridgehead atoms. The smallest absolute Gasteiger partial charge is 0.347 e. The molecule has 0 spiro atoms. The van der Waals surface area contributed by atoms with Crippen molar-refractivity contribution in [3.05, 3.63) is 266 Å². The van der Waals surface area contributed by atoms with E-state index >= 15 is 0 Å². The van der Waals surface area contributed by atoms with Gasteiger partial charge in [0.2, 0.25) is 0 Å². The van der Waals surface area contributed by atoms with Crippen molar-refractivity contribution in [1.82, 2.24) is 20.8 Å². The van der Waals surface area contributed by atoms with E-state index in [9.17, 15) is 0 Å². The standard InChI is InChI=1S/4C12H12N2O2PS.2ClH.Ni/c4*13-14-17(18,15-11-7-3-1-4-8-11)16-12-9-5-2-6-10-12;;;/h4*1-10,13H,(H,14,18);2*1H;/q4*-1;;;+2/p-2. The van der Waals surface area contributed by atoms with Crippen LogP contribution in [0.5, 0.6) is 46.0 Å². The maximum Gasteiger partial charge on any atom is 0.347 e. The van der Waals surface area contributed by atoms with E-state index < -0.39 is 26.6 Å². The van der Waals surface area contributed by atoms with Crippen molar-refractivity contribution >= 4 is 94.2 Å². The van der Waals surface area contributed by atoms with E-state index in [1.54, 1.807) is 97.1 Å². The molecule has 8 aromatic carbocycles. The number of hydrogen-bond acceptors (Lipinski definition) is 12. The Bertz CT molecular complexity index is 2410. The minimum absolute atomic E-state index is 0.569. The van der Waals surface area contributed by atoms with Crippen LogP contribution in [0.2, 0.25) is 0 Å². The van der Waals surface area contributed by atoms with E-state index in [4.69, 9.17) is 127 Å². The Labute approximate surface area is 472 Å². The normalized spacial score (nSPS) is 10.8.